The van der Waals surface area contributed by atoms with E-state index in [0.717, 1.165) is 52.0 Å². The van der Waals surface area contributed by atoms with E-state index in [0.29, 0.717) is 18.4 Å². The van der Waals surface area contributed by atoms with E-state index in [4.69, 9.17) is 4.98 Å². The Kier molecular flexibility index (Phi) is 5.64. The van der Waals surface area contributed by atoms with Crippen LogP contribution in [-0.2, 0) is 4.79 Å². The van der Waals surface area contributed by atoms with Crippen molar-refractivity contribution >= 4 is 22.6 Å². The van der Waals surface area contributed by atoms with Gasteiger partial charge in [0.2, 0.25) is 5.91 Å². The molecule has 0 radical (unpaired) electrons. The molecule has 0 atom stereocenters. The third kappa shape index (κ3) is 3.86. The summed E-state index contributed by atoms with van der Waals surface area (Å²) >= 11 is 0. The molecule has 34 heavy (non-hydrogen) atoms. The van der Waals surface area contributed by atoms with Crippen molar-refractivity contribution in [3.05, 3.63) is 47.0 Å². The molecular weight excluding hydrogens is 426 g/mol. The first-order valence-electron chi connectivity index (χ1n) is 12.0. The summed E-state index contributed by atoms with van der Waals surface area (Å²) < 4.78 is 1.85. The summed E-state index contributed by atoms with van der Waals surface area (Å²) in [6, 6.07) is 4.52. The van der Waals surface area contributed by atoms with E-state index in [1.165, 1.54) is 11.1 Å². The van der Waals surface area contributed by atoms with Crippen LogP contribution in [0, 0.1) is 13.8 Å². The van der Waals surface area contributed by atoms with E-state index >= 15 is 0 Å². The van der Waals surface area contributed by atoms with E-state index in [1.807, 2.05) is 23.5 Å². The van der Waals surface area contributed by atoms with Crippen molar-refractivity contribution in [1.82, 2.24) is 34.8 Å². The van der Waals surface area contributed by atoms with Crippen molar-refractivity contribution in [3.8, 4) is 11.3 Å². The second-order valence-electron chi connectivity index (χ2n) is 10.2. The highest BCUT2D eigenvalue weighted by Gasteiger charge is 2.33. The number of aryl methyl sites for hydroxylation is 1. The number of pyridine rings is 2. The van der Waals surface area contributed by atoms with Crippen molar-refractivity contribution in [2.45, 2.75) is 58.4 Å². The quantitative estimate of drug-likeness (QED) is 0.456. The summed E-state index contributed by atoms with van der Waals surface area (Å²) in [6.45, 7) is 9.11. The van der Waals surface area contributed by atoms with Gasteiger partial charge in [-0.3, -0.25) is 9.78 Å². The zero-order chi connectivity index (χ0) is 24.1. The predicted molar refractivity (Wildman–Crippen MR) is 134 cm³/mol. The van der Waals surface area contributed by atoms with Gasteiger partial charge in [0.25, 0.3) is 0 Å². The van der Waals surface area contributed by atoms with Gasteiger partial charge in [-0.05, 0) is 70.0 Å². The monoisotopic (exact) mass is 459 g/mol. The minimum Gasteiger partial charge on any atom is -0.353 e. The molecule has 2 N–H and O–H groups in total. The van der Waals surface area contributed by atoms with Crippen molar-refractivity contribution in [2.24, 2.45) is 0 Å². The number of hydrogen-bond acceptors (Lipinski definition) is 5. The molecule has 8 nitrogen and oxygen atoms in total. The van der Waals surface area contributed by atoms with Gasteiger partial charge in [-0.25, -0.2) is 9.50 Å². The molecule has 5 rings (SSSR count). The zero-order valence-electron chi connectivity index (χ0n) is 20.8. The number of rotatable bonds is 6. The lowest BCUT2D eigenvalue weighted by atomic mass is 9.78. The molecule has 0 aliphatic heterocycles. The largest absolute Gasteiger partial charge is 0.353 e. The highest BCUT2D eigenvalue weighted by molar-refractivity contribution is 5.89. The van der Waals surface area contributed by atoms with Crippen molar-refractivity contribution in [2.75, 3.05) is 20.6 Å². The first kappa shape index (κ1) is 22.5. The Morgan fingerprint density at radius 2 is 2.00 bits per heavy atom. The Balaban J connectivity index is 1.47. The number of nitrogens with one attached hydrogen (secondary N) is 2. The lowest BCUT2D eigenvalue weighted by Crippen LogP contribution is -2.46. The number of fused-ring (bicyclic) bond motifs is 2. The van der Waals surface area contributed by atoms with E-state index in [2.05, 4.69) is 66.4 Å². The fourth-order valence-electron chi connectivity index (χ4n) is 5.09. The number of amides is 1. The van der Waals surface area contributed by atoms with Gasteiger partial charge in [0.15, 0.2) is 5.65 Å². The molecule has 0 saturated heterocycles. The van der Waals surface area contributed by atoms with Crippen LogP contribution < -0.4 is 5.32 Å². The Labute approximate surface area is 199 Å². The van der Waals surface area contributed by atoms with Crippen LogP contribution in [-0.4, -0.2) is 62.1 Å². The molecule has 4 heterocycles. The van der Waals surface area contributed by atoms with Crippen molar-refractivity contribution in [3.63, 3.8) is 0 Å². The van der Waals surface area contributed by atoms with Gasteiger partial charge in [-0.2, -0.15) is 5.10 Å². The van der Waals surface area contributed by atoms with Crippen molar-refractivity contribution < 1.29 is 4.79 Å². The predicted octanol–water partition coefficient (Wildman–Crippen LogP) is 3.94. The molecule has 4 aromatic heterocycles. The lowest BCUT2D eigenvalue weighted by Gasteiger charge is -2.35. The number of aromatic nitrogens is 5. The number of likely N-dealkylation sites (N-methyl/N-ethyl adjacent to an activating group) is 1. The first-order valence-corrected chi connectivity index (χ1v) is 12.0. The Hall–Kier alpha value is -3.26. The third-order valence-electron chi connectivity index (χ3n) is 7.06. The van der Waals surface area contributed by atoms with Gasteiger partial charge in [-0.1, -0.05) is 13.8 Å². The van der Waals surface area contributed by atoms with Crippen LogP contribution in [0.1, 0.15) is 60.9 Å². The first-order chi connectivity index (χ1) is 16.2. The standard InChI is InChI=1S/C26H33N7O/c1-14(2)23-24(19-11-33-26(27-13-28-33)16(4)15(19)3)31-21-8-7-20(30-25(21)23)17-9-18(10-17)29-22(34)12-32(5)6/h7-8,11,13-14,17-18,31H,9-10,12H2,1-6H3,(H,29,34). The minimum atomic E-state index is 0.0873. The van der Waals surface area contributed by atoms with Crippen molar-refractivity contribution in [1.29, 1.82) is 0 Å². The van der Waals surface area contributed by atoms with Gasteiger partial charge >= 0.3 is 0 Å². The molecule has 0 bridgehead atoms. The number of nitrogens with zero attached hydrogens (tertiary/aromatic N) is 5. The molecule has 1 aliphatic rings. The highest BCUT2D eigenvalue weighted by Crippen LogP contribution is 2.40. The van der Waals surface area contributed by atoms with Gasteiger partial charge in [0.05, 0.1) is 23.3 Å². The van der Waals surface area contributed by atoms with E-state index < -0.39 is 0 Å². The molecule has 1 amide bonds. The average Bonchev–Trinajstić information content (AvgIpc) is 3.36. The maximum Gasteiger partial charge on any atom is 0.234 e. The topological polar surface area (TPSA) is 91.2 Å². The summed E-state index contributed by atoms with van der Waals surface area (Å²) in [7, 11) is 3.82. The number of carbonyl (C=O) groups is 1. The molecule has 178 valence electrons. The SMILES string of the molecule is Cc1c(-c2[nH]c3ccc(C4CC(NC(=O)CN(C)C)C4)nc3c2C(C)C)cn2ncnc2c1C. The summed E-state index contributed by atoms with van der Waals surface area (Å²) in [5.74, 6) is 0.768. The van der Waals surface area contributed by atoms with Crippen LogP contribution in [0.5, 0.6) is 0 Å². The number of hydrogen-bond donors (Lipinski definition) is 2. The Morgan fingerprint density at radius 1 is 1.24 bits per heavy atom. The van der Waals surface area contributed by atoms with E-state index in [-0.39, 0.29) is 11.9 Å². The fourth-order valence-corrected chi connectivity index (χ4v) is 5.09. The number of aromatic amines is 1. The van der Waals surface area contributed by atoms with Crippen LogP contribution in [0.25, 0.3) is 27.9 Å². The minimum absolute atomic E-state index is 0.0873. The summed E-state index contributed by atoms with van der Waals surface area (Å²) in [6.07, 6.45) is 5.54. The maximum absolute atomic E-state index is 12.1. The molecule has 1 fully saturated rings. The van der Waals surface area contributed by atoms with Gasteiger partial charge in [-0.15, -0.1) is 0 Å². The van der Waals surface area contributed by atoms with Crippen LogP contribution in [0.4, 0.5) is 0 Å². The second kappa shape index (κ2) is 8.51. The fraction of sp³-hybridized carbons (Fsp3) is 0.462. The molecular formula is C26H33N7O. The van der Waals surface area contributed by atoms with Crippen LogP contribution >= 0.6 is 0 Å². The van der Waals surface area contributed by atoms with Crippen LogP contribution in [0.3, 0.4) is 0 Å². The third-order valence-corrected chi connectivity index (χ3v) is 7.06. The molecule has 1 aliphatic carbocycles. The van der Waals surface area contributed by atoms with Crippen LogP contribution in [0.2, 0.25) is 0 Å². The zero-order valence-corrected chi connectivity index (χ0v) is 20.8. The van der Waals surface area contributed by atoms with Gasteiger partial charge < -0.3 is 15.2 Å². The summed E-state index contributed by atoms with van der Waals surface area (Å²) in [4.78, 5) is 27.2. The lowest BCUT2D eigenvalue weighted by molar-refractivity contribution is -0.123. The molecule has 0 aromatic carbocycles. The normalized spacial score (nSPS) is 18.2. The van der Waals surface area contributed by atoms with Gasteiger partial charge in [0.1, 0.15) is 6.33 Å². The summed E-state index contributed by atoms with van der Waals surface area (Å²) in [5, 5.41) is 7.51. The Bertz CT molecular complexity index is 1380. The second-order valence-corrected chi connectivity index (χ2v) is 10.2. The summed E-state index contributed by atoms with van der Waals surface area (Å²) in [5.41, 5.74) is 9.89. The molecule has 1 saturated carbocycles. The molecule has 0 unspecified atom stereocenters. The smallest absolute Gasteiger partial charge is 0.234 e. The molecule has 4 aromatic rings. The number of H-pyrrole nitrogens is 1. The molecule has 0 spiro atoms. The maximum atomic E-state index is 12.1. The number of carbonyl (C=O) groups excluding carboxylic acids is 1. The van der Waals surface area contributed by atoms with Gasteiger partial charge in [0, 0.05) is 35.0 Å². The van der Waals surface area contributed by atoms with Crippen LogP contribution in [0.15, 0.2) is 24.7 Å². The van der Waals surface area contributed by atoms with E-state index in [1.54, 1.807) is 6.33 Å². The Morgan fingerprint density at radius 3 is 2.71 bits per heavy atom. The highest BCUT2D eigenvalue weighted by atomic mass is 16.2. The molecule has 8 heteroatoms. The average molecular weight is 460 g/mol. The van der Waals surface area contributed by atoms with E-state index in [9.17, 15) is 4.79 Å².